The second kappa shape index (κ2) is 9.05. The van der Waals surface area contributed by atoms with Gasteiger partial charge in [-0.25, -0.2) is 0 Å². The molecule has 14 heavy (non-hydrogen) atoms. The zero-order chi connectivity index (χ0) is 11.6. The maximum Gasteiger partial charge on any atom is -0.0304 e. The molecule has 0 saturated carbocycles. The molecule has 0 bridgehead atoms. The van der Waals surface area contributed by atoms with Gasteiger partial charge in [0.25, 0.3) is 0 Å². The summed E-state index contributed by atoms with van der Waals surface area (Å²) in [6, 6.07) is 0. The molecule has 0 nitrogen and oxygen atoms in total. The Morgan fingerprint density at radius 2 is 1.64 bits per heavy atom. The maximum atomic E-state index is 3.65. The Morgan fingerprint density at radius 3 is 1.71 bits per heavy atom. The molecule has 0 amide bonds. The Labute approximate surface area is 91.1 Å². The molecular formula is C14H28. The zero-order valence-corrected chi connectivity index (χ0v) is 10.8. The molecule has 0 aromatic rings. The van der Waals surface area contributed by atoms with Crippen molar-refractivity contribution in [1.82, 2.24) is 0 Å². The van der Waals surface area contributed by atoms with Crippen molar-refractivity contribution in [2.75, 3.05) is 0 Å². The summed E-state index contributed by atoms with van der Waals surface area (Å²) < 4.78 is 0. The average Bonchev–Trinajstić information content (AvgIpc) is 2.03. The van der Waals surface area contributed by atoms with Crippen LogP contribution in [0, 0.1) is 11.3 Å². The molecule has 0 fully saturated rings. The van der Waals surface area contributed by atoms with Gasteiger partial charge in [0.05, 0.1) is 0 Å². The predicted octanol–water partition coefficient (Wildman–Crippen LogP) is 5.22. The van der Waals surface area contributed by atoms with E-state index < -0.39 is 0 Å². The molecule has 0 saturated heterocycles. The molecule has 0 aliphatic heterocycles. The molecular weight excluding hydrogens is 168 g/mol. The van der Waals surface area contributed by atoms with Crippen LogP contribution < -0.4 is 0 Å². The van der Waals surface area contributed by atoms with Gasteiger partial charge < -0.3 is 0 Å². The van der Waals surface area contributed by atoms with Crippen molar-refractivity contribution in [2.45, 2.75) is 53.9 Å². The van der Waals surface area contributed by atoms with Gasteiger partial charge in [0.2, 0.25) is 0 Å². The molecule has 0 heteroatoms. The second-order valence-electron chi connectivity index (χ2n) is 5.09. The third-order valence-corrected chi connectivity index (χ3v) is 2.02. The van der Waals surface area contributed by atoms with Gasteiger partial charge in [0.1, 0.15) is 0 Å². The van der Waals surface area contributed by atoms with E-state index in [1.165, 1.54) is 6.42 Å². The molecule has 0 aromatic heterocycles. The van der Waals surface area contributed by atoms with Gasteiger partial charge in [0.15, 0.2) is 0 Å². The molecule has 1 atom stereocenters. The normalized spacial score (nSPS) is 12.4. The summed E-state index contributed by atoms with van der Waals surface area (Å²) in [5, 5.41) is 0. The number of allylic oxidation sites excluding steroid dienone is 2. The fourth-order valence-electron chi connectivity index (χ4n) is 0.884. The zero-order valence-electron chi connectivity index (χ0n) is 10.8. The minimum absolute atomic E-state index is 0.432. The largest absolute Gasteiger partial charge is 0.103 e. The molecule has 0 aliphatic rings. The molecule has 0 radical (unpaired) electrons. The van der Waals surface area contributed by atoms with Crippen molar-refractivity contribution in [2.24, 2.45) is 11.3 Å². The number of hydrogen-bond acceptors (Lipinski definition) is 0. The van der Waals surface area contributed by atoms with E-state index in [-0.39, 0.29) is 0 Å². The average molecular weight is 196 g/mol. The Morgan fingerprint density at radius 1 is 1.14 bits per heavy atom. The highest BCUT2D eigenvalue weighted by molar-refractivity contribution is 4.75. The van der Waals surface area contributed by atoms with Gasteiger partial charge in [-0.15, -0.1) is 13.2 Å². The van der Waals surface area contributed by atoms with Crippen molar-refractivity contribution < 1.29 is 0 Å². The lowest BCUT2D eigenvalue weighted by Crippen LogP contribution is -2.01. The maximum absolute atomic E-state index is 3.65. The highest BCUT2D eigenvalue weighted by Gasteiger charge is 2.04. The Balaban J connectivity index is 0. The third-order valence-electron chi connectivity index (χ3n) is 2.02. The summed E-state index contributed by atoms with van der Waals surface area (Å²) in [6.45, 7) is 18.3. The third kappa shape index (κ3) is 17.5. The van der Waals surface area contributed by atoms with Crippen LogP contribution in [0.3, 0.4) is 0 Å². The number of hydrogen-bond donors (Lipinski definition) is 0. The van der Waals surface area contributed by atoms with Crippen molar-refractivity contribution in [3.8, 4) is 0 Å². The van der Waals surface area contributed by atoms with Gasteiger partial charge in [0, 0.05) is 0 Å². The predicted molar refractivity (Wildman–Crippen MR) is 68.5 cm³/mol. The van der Waals surface area contributed by atoms with Crippen LogP contribution in [0.2, 0.25) is 0 Å². The van der Waals surface area contributed by atoms with E-state index in [1.54, 1.807) is 0 Å². The van der Waals surface area contributed by atoms with E-state index in [2.05, 4.69) is 47.8 Å². The van der Waals surface area contributed by atoms with Crippen LogP contribution in [0.1, 0.15) is 53.9 Å². The standard InChI is InChI=1S/2C7H14/c1-5-6-7(2,3)4;1-4-6-7(3)5-2/h5H,1,6H2,2-4H3;4,7H,1,5-6H2,2-3H3. The summed E-state index contributed by atoms with van der Waals surface area (Å²) in [5.74, 6) is 0.831. The molecule has 0 spiro atoms. The van der Waals surface area contributed by atoms with Crippen LogP contribution >= 0.6 is 0 Å². The van der Waals surface area contributed by atoms with Crippen molar-refractivity contribution >= 4 is 0 Å². The first-order chi connectivity index (χ1) is 6.37. The second-order valence-corrected chi connectivity index (χ2v) is 5.09. The lowest BCUT2D eigenvalue weighted by Gasteiger charge is -2.13. The van der Waals surface area contributed by atoms with Crippen molar-refractivity contribution in [3.05, 3.63) is 25.3 Å². The summed E-state index contributed by atoms with van der Waals surface area (Å²) in [5.41, 5.74) is 0.432. The lowest BCUT2D eigenvalue weighted by molar-refractivity contribution is 0.421. The van der Waals surface area contributed by atoms with E-state index in [0.717, 1.165) is 18.8 Å². The van der Waals surface area contributed by atoms with Crippen molar-refractivity contribution in [1.29, 1.82) is 0 Å². The smallest absolute Gasteiger partial charge is 0.0304 e. The van der Waals surface area contributed by atoms with Crippen LogP contribution in [0.4, 0.5) is 0 Å². The molecule has 84 valence electrons. The topological polar surface area (TPSA) is 0 Å². The Kier molecular flexibility index (Phi) is 10.3. The fourth-order valence-corrected chi connectivity index (χ4v) is 0.884. The SMILES string of the molecule is C=CCC(C)(C)C.C=CCC(C)CC. The quantitative estimate of drug-likeness (QED) is 0.541. The lowest BCUT2D eigenvalue weighted by atomic mass is 9.93. The minimum atomic E-state index is 0.432. The first-order valence-corrected chi connectivity index (χ1v) is 5.59. The van der Waals surface area contributed by atoms with Gasteiger partial charge in [-0.3, -0.25) is 0 Å². The molecule has 0 aromatic carbocycles. The highest BCUT2D eigenvalue weighted by Crippen LogP contribution is 2.17. The molecule has 0 heterocycles. The van der Waals surface area contributed by atoms with Gasteiger partial charge >= 0.3 is 0 Å². The summed E-state index contributed by atoms with van der Waals surface area (Å²) in [7, 11) is 0. The molecule has 0 rings (SSSR count). The van der Waals surface area contributed by atoms with E-state index in [9.17, 15) is 0 Å². The van der Waals surface area contributed by atoms with E-state index in [0.29, 0.717) is 5.41 Å². The first kappa shape index (κ1) is 15.9. The molecule has 0 aliphatic carbocycles. The van der Waals surface area contributed by atoms with Crippen LogP contribution in [-0.4, -0.2) is 0 Å². The van der Waals surface area contributed by atoms with Crippen LogP contribution in [-0.2, 0) is 0 Å². The number of rotatable bonds is 4. The van der Waals surface area contributed by atoms with Crippen LogP contribution in [0.5, 0.6) is 0 Å². The molecule has 0 N–H and O–H groups in total. The van der Waals surface area contributed by atoms with E-state index in [1.807, 2.05) is 12.2 Å². The van der Waals surface area contributed by atoms with E-state index >= 15 is 0 Å². The summed E-state index contributed by atoms with van der Waals surface area (Å²) in [6.07, 6.45) is 7.48. The van der Waals surface area contributed by atoms with Gasteiger partial charge in [-0.05, 0) is 24.2 Å². The van der Waals surface area contributed by atoms with Crippen LogP contribution in [0.15, 0.2) is 25.3 Å². The molecule has 1 unspecified atom stereocenters. The summed E-state index contributed by atoms with van der Waals surface area (Å²) >= 11 is 0. The van der Waals surface area contributed by atoms with Gasteiger partial charge in [-0.2, -0.15) is 0 Å². The van der Waals surface area contributed by atoms with Crippen molar-refractivity contribution in [3.63, 3.8) is 0 Å². The Bertz CT molecular complexity index is 137. The van der Waals surface area contributed by atoms with Crippen LogP contribution in [0.25, 0.3) is 0 Å². The van der Waals surface area contributed by atoms with Gasteiger partial charge in [-0.1, -0.05) is 53.2 Å². The first-order valence-electron chi connectivity index (χ1n) is 5.59. The summed E-state index contributed by atoms with van der Waals surface area (Å²) in [4.78, 5) is 0. The fraction of sp³-hybridized carbons (Fsp3) is 0.714. The van der Waals surface area contributed by atoms with E-state index in [4.69, 9.17) is 0 Å². The minimum Gasteiger partial charge on any atom is -0.103 e. The Hall–Kier alpha value is -0.520. The highest BCUT2D eigenvalue weighted by atomic mass is 14.1. The monoisotopic (exact) mass is 196 g/mol.